The summed E-state index contributed by atoms with van der Waals surface area (Å²) in [5.41, 5.74) is -0.350. The highest BCUT2D eigenvalue weighted by atomic mass is 32.2. The number of H-pyrrole nitrogens is 1. The van der Waals surface area contributed by atoms with Crippen molar-refractivity contribution in [2.24, 2.45) is 5.92 Å². The molecule has 194 valence electrons. The summed E-state index contributed by atoms with van der Waals surface area (Å²) in [6, 6.07) is 7.47. The minimum atomic E-state index is -0.994. The Morgan fingerprint density at radius 1 is 1.14 bits per heavy atom. The molecular weight excluding hydrogens is 492 g/mol. The largest absolute Gasteiger partial charge is 0.465 e. The van der Waals surface area contributed by atoms with Gasteiger partial charge in [-0.05, 0) is 55.5 Å². The summed E-state index contributed by atoms with van der Waals surface area (Å²) in [7, 11) is 1.28. The monoisotopic (exact) mass is 522 g/mol. The summed E-state index contributed by atoms with van der Waals surface area (Å²) in [5.74, 6) is -0.568. The smallest absolute Gasteiger partial charge is 0.339 e. The van der Waals surface area contributed by atoms with Gasteiger partial charge in [0.05, 0.1) is 23.6 Å². The topological polar surface area (TPSA) is 123 Å². The number of benzene rings is 1. The van der Waals surface area contributed by atoms with Crippen LogP contribution in [0.4, 0.5) is 5.82 Å². The van der Waals surface area contributed by atoms with E-state index in [9.17, 15) is 19.2 Å². The first-order chi connectivity index (χ1) is 17.9. The third-order valence-electron chi connectivity index (χ3n) is 7.06. The number of ether oxygens (including phenoxy) is 1. The lowest BCUT2D eigenvalue weighted by Gasteiger charge is -2.26. The van der Waals surface area contributed by atoms with Crippen LogP contribution in [0.1, 0.15) is 67.8 Å². The van der Waals surface area contributed by atoms with Gasteiger partial charge >= 0.3 is 11.7 Å². The molecule has 2 aliphatic rings. The number of aromatic amines is 1. The molecule has 2 aromatic heterocycles. The molecule has 9 nitrogen and oxygen atoms in total. The SMILES string of the molecule is COC(=O)c1ccc(NC(=O)C(CC2CCCCC2)n2c(=O)[nH]c3cc(SC4CC4)ccc3c2=O)nc1. The van der Waals surface area contributed by atoms with E-state index in [2.05, 4.69) is 20.0 Å². The van der Waals surface area contributed by atoms with E-state index in [-0.39, 0.29) is 17.3 Å². The molecule has 1 amide bonds. The highest BCUT2D eigenvalue weighted by Crippen LogP contribution is 2.39. The van der Waals surface area contributed by atoms with Gasteiger partial charge in [-0.25, -0.2) is 19.1 Å². The molecule has 0 bridgehead atoms. The van der Waals surface area contributed by atoms with E-state index in [1.165, 1.54) is 38.3 Å². The maximum absolute atomic E-state index is 13.6. The molecule has 2 aliphatic carbocycles. The molecule has 3 aromatic rings. The van der Waals surface area contributed by atoms with E-state index in [0.29, 0.717) is 22.6 Å². The van der Waals surface area contributed by atoms with Crippen molar-refractivity contribution in [3.63, 3.8) is 0 Å². The van der Waals surface area contributed by atoms with Crippen LogP contribution in [-0.4, -0.2) is 38.8 Å². The number of carbonyl (C=O) groups is 2. The van der Waals surface area contributed by atoms with Crippen LogP contribution in [-0.2, 0) is 9.53 Å². The Bertz CT molecular complexity index is 1420. The Hall–Kier alpha value is -3.40. The highest BCUT2D eigenvalue weighted by molar-refractivity contribution is 8.00. The maximum atomic E-state index is 13.6. The van der Waals surface area contributed by atoms with Crippen LogP contribution in [0.15, 0.2) is 51.0 Å². The number of thioether (sulfide) groups is 1. The molecule has 0 aliphatic heterocycles. The number of anilines is 1. The molecule has 37 heavy (non-hydrogen) atoms. The van der Waals surface area contributed by atoms with Gasteiger partial charge < -0.3 is 15.0 Å². The molecule has 2 heterocycles. The van der Waals surface area contributed by atoms with Gasteiger partial charge in [0.1, 0.15) is 11.9 Å². The van der Waals surface area contributed by atoms with Crippen molar-refractivity contribution in [3.05, 3.63) is 62.9 Å². The Morgan fingerprint density at radius 3 is 2.59 bits per heavy atom. The van der Waals surface area contributed by atoms with Crippen LogP contribution in [0.2, 0.25) is 0 Å². The predicted octanol–water partition coefficient (Wildman–Crippen LogP) is 4.28. The summed E-state index contributed by atoms with van der Waals surface area (Å²) >= 11 is 1.75. The van der Waals surface area contributed by atoms with E-state index in [4.69, 9.17) is 0 Å². The lowest BCUT2D eigenvalue weighted by molar-refractivity contribution is -0.120. The fourth-order valence-electron chi connectivity index (χ4n) is 4.93. The molecule has 1 unspecified atom stereocenters. The normalized spacial score (nSPS) is 16.9. The Morgan fingerprint density at radius 2 is 1.92 bits per heavy atom. The van der Waals surface area contributed by atoms with Gasteiger partial charge in [-0.2, -0.15) is 0 Å². The van der Waals surface area contributed by atoms with E-state index < -0.39 is 29.2 Å². The minimum absolute atomic E-state index is 0.221. The van der Waals surface area contributed by atoms with Crippen molar-refractivity contribution in [2.75, 3.05) is 12.4 Å². The van der Waals surface area contributed by atoms with Crippen molar-refractivity contribution in [2.45, 2.75) is 67.6 Å². The van der Waals surface area contributed by atoms with Gasteiger partial charge in [0.25, 0.3) is 5.56 Å². The van der Waals surface area contributed by atoms with Gasteiger partial charge in [-0.15, -0.1) is 11.8 Å². The average molecular weight is 523 g/mol. The van der Waals surface area contributed by atoms with Crippen LogP contribution in [0, 0.1) is 5.92 Å². The fourth-order valence-corrected chi connectivity index (χ4v) is 6.02. The van der Waals surface area contributed by atoms with Gasteiger partial charge in [-0.1, -0.05) is 32.1 Å². The molecule has 1 aromatic carbocycles. The van der Waals surface area contributed by atoms with E-state index in [0.717, 1.165) is 41.6 Å². The first-order valence-electron chi connectivity index (χ1n) is 12.7. The molecule has 10 heteroatoms. The third kappa shape index (κ3) is 5.79. The molecule has 0 spiro atoms. The van der Waals surface area contributed by atoms with Gasteiger partial charge in [-0.3, -0.25) is 9.59 Å². The minimum Gasteiger partial charge on any atom is -0.465 e. The number of methoxy groups -OCH3 is 1. The van der Waals surface area contributed by atoms with Gasteiger partial charge in [0.2, 0.25) is 5.91 Å². The molecular formula is C27H30N4O5S. The lowest BCUT2D eigenvalue weighted by Crippen LogP contribution is -2.43. The van der Waals surface area contributed by atoms with Crippen molar-refractivity contribution in [1.29, 1.82) is 0 Å². The molecule has 5 rings (SSSR count). The average Bonchev–Trinajstić information content (AvgIpc) is 3.72. The second-order valence-electron chi connectivity index (χ2n) is 9.80. The van der Waals surface area contributed by atoms with Crippen LogP contribution in [0.3, 0.4) is 0 Å². The highest BCUT2D eigenvalue weighted by Gasteiger charge is 2.30. The van der Waals surface area contributed by atoms with Crippen LogP contribution < -0.4 is 16.6 Å². The van der Waals surface area contributed by atoms with Gasteiger partial charge in [0.15, 0.2) is 0 Å². The van der Waals surface area contributed by atoms with E-state index in [1.807, 2.05) is 12.1 Å². The fraction of sp³-hybridized carbons (Fsp3) is 0.444. The van der Waals surface area contributed by atoms with E-state index in [1.54, 1.807) is 17.8 Å². The number of fused-ring (bicyclic) bond motifs is 1. The van der Waals surface area contributed by atoms with Crippen LogP contribution in [0.5, 0.6) is 0 Å². The molecule has 0 saturated heterocycles. The first-order valence-corrected chi connectivity index (χ1v) is 13.6. The summed E-state index contributed by atoms with van der Waals surface area (Å²) < 4.78 is 5.74. The summed E-state index contributed by atoms with van der Waals surface area (Å²) in [6.45, 7) is 0. The quantitative estimate of drug-likeness (QED) is 0.423. The van der Waals surface area contributed by atoms with Gasteiger partial charge in [0, 0.05) is 16.3 Å². The Kier molecular flexibility index (Phi) is 7.45. The number of nitrogens with zero attached hydrogens (tertiary/aromatic N) is 2. The number of aromatic nitrogens is 3. The molecule has 2 fully saturated rings. The number of carbonyl (C=O) groups excluding carboxylic acids is 2. The maximum Gasteiger partial charge on any atom is 0.339 e. The van der Waals surface area contributed by atoms with Crippen molar-refractivity contribution >= 4 is 40.4 Å². The van der Waals surface area contributed by atoms with Crippen molar-refractivity contribution < 1.29 is 14.3 Å². The number of nitrogens with one attached hydrogen (secondary N) is 2. The molecule has 2 N–H and O–H groups in total. The molecule has 2 saturated carbocycles. The second kappa shape index (κ2) is 10.9. The molecule has 0 radical (unpaired) electrons. The summed E-state index contributed by atoms with van der Waals surface area (Å²) in [6.07, 6.45) is 9.26. The number of rotatable bonds is 8. The number of esters is 1. The number of amides is 1. The zero-order valence-electron chi connectivity index (χ0n) is 20.7. The second-order valence-corrected chi connectivity index (χ2v) is 11.2. The standard InChI is InChI=1S/C27H30N4O5S/c1-36-26(34)17-7-12-23(28-15-17)30-24(32)22(13-16-5-3-2-4-6-16)31-25(33)20-11-10-19(37-18-8-9-18)14-21(20)29-27(31)35/h7,10-12,14-16,18,22H,2-6,8-9,13H2,1H3,(H,29,35)(H,28,30,32). The van der Waals surface area contributed by atoms with Crippen molar-refractivity contribution in [3.8, 4) is 0 Å². The zero-order valence-corrected chi connectivity index (χ0v) is 21.5. The third-order valence-corrected chi connectivity index (χ3v) is 8.39. The summed E-state index contributed by atoms with van der Waals surface area (Å²) in [4.78, 5) is 60.0. The zero-order chi connectivity index (χ0) is 25.9. The summed E-state index contributed by atoms with van der Waals surface area (Å²) in [5, 5.41) is 3.71. The number of hydrogen-bond donors (Lipinski definition) is 2. The van der Waals surface area contributed by atoms with Crippen LogP contribution in [0.25, 0.3) is 10.9 Å². The number of pyridine rings is 1. The Labute approximate surface area is 218 Å². The number of hydrogen-bond acceptors (Lipinski definition) is 7. The molecule has 1 atom stereocenters. The predicted molar refractivity (Wildman–Crippen MR) is 142 cm³/mol. The van der Waals surface area contributed by atoms with Crippen LogP contribution >= 0.6 is 11.8 Å². The first kappa shape index (κ1) is 25.3. The Balaban J connectivity index is 1.47. The van der Waals surface area contributed by atoms with E-state index >= 15 is 0 Å². The lowest BCUT2D eigenvalue weighted by atomic mass is 9.84. The van der Waals surface area contributed by atoms with Crippen molar-refractivity contribution in [1.82, 2.24) is 14.5 Å².